The second-order valence-electron chi connectivity index (χ2n) is 3.32. The van der Waals surface area contributed by atoms with E-state index in [1.54, 1.807) is 11.3 Å². The summed E-state index contributed by atoms with van der Waals surface area (Å²) in [6, 6.07) is 0.383. The Hall–Kier alpha value is -0.350. The molecule has 0 spiro atoms. The molecule has 1 aliphatic carbocycles. The predicted molar refractivity (Wildman–Crippen MR) is 55.5 cm³/mol. The first-order valence-corrected chi connectivity index (χ1v) is 5.72. The van der Waals surface area contributed by atoms with Crippen LogP contribution in [-0.4, -0.2) is 21.6 Å². The first kappa shape index (κ1) is 9.21. The molecule has 1 N–H and O–H groups in total. The lowest BCUT2D eigenvalue weighted by Crippen LogP contribution is -2.23. The highest BCUT2D eigenvalue weighted by molar-refractivity contribution is 7.15. The molecule has 0 aromatic carbocycles. The number of aromatic nitrogens is 2. The molecule has 13 heavy (non-hydrogen) atoms. The number of nitrogens with one attached hydrogen (secondary N) is 1. The Balaban J connectivity index is 1.97. The lowest BCUT2D eigenvalue weighted by atomic mass is 10.2. The minimum Gasteiger partial charge on any atom is -0.356 e. The number of halogens is 1. The highest BCUT2D eigenvalue weighted by Gasteiger charge is 2.25. The maximum Gasteiger partial charge on any atom is 0.205 e. The number of alkyl halides is 1. The topological polar surface area (TPSA) is 37.8 Å². The number of hydrogen-bond acceptors (Lipinski definition) is 4. The van der Waals surface area contributed by atoms with Crippen molar-refractivity contribution in [3.8, 4) is 0 Å². The number of hydrogen-bond donors (Lipinski definition) is 1. The summed E-state index contributed by atoms with van der Waals surface area (Å²) in [6.45, 7) is 1.95. The number of rotatable bonds is 2. The molecule has 3 nitrogen and oxygen atoms in total. The minimum absolute atomic E-state index is 0.254. The van der Waals surface area contributed by atoms with E-state index in [4.69, 9.17) is 11.6 Å². The smallest absolute Gasteiger partial charge is 0.205 e. The van der Waals surface area contributed by atoms with E-state index in [-0.39, 0.29) is 5.38 Å². The SMILES string of the molecule is Cc1nnc(NC2CCCC2Cl)s1. The van der Waals surface area contributed by atoms with Gasteiger partial charge >= 0.3 is 0 Å². The quantitative estimate of drug-likeness (QED) is 0.774. The molecule has 2 atom stereocenters. The molecule has 1 aliphatic rings. The fraction of sp³-hybridized carbons (Fsp3) is 0.750. The van der Waals surface area contributed by atoms with Crippen molar-refractivity contribution < 1.29 is 0 Å². The molecule has 0 radical (unpaired) electrons. The van der Waals surface area contributed by atoms with Crippen LogP contribution in [0.5, 0.6) is 0 Å². The fourth-order valence-electron chi connectivity index (χ4n) is 1.59. The van der Waals surface area contributed by atoms with Gasteiger partial charge in [-0.15, -0.1) is 21.8 Å². The van der Waals surface area contributed by atoms with Gasteiger partial charge in [-0.2, -0.15) is 0 Å². The van der Waals surface area contributed by atoms with Gasteiger partial charge in [0.2, 0.25) is 5.13 Å². The van der Waals surface area contributed by atoms with Crippen molar-refractivity contribution in [2.45, 2.75) is 37.6 Å². The summed E-state index contributed by atoms with van der Waals surface area (Å²) in [4.78, 5) is 0. The molecule has 72 valence electrons. The van der Waals surface area contributed by atoms with Gasteiger partial charge in [-0.25, -0.2) is 0 Å². The predicted octanol–water partition coefficient (Wildman–Crippen LogP) is 2.42. The van der Waals surface area contributed by atoms with Crippen LogP contribution < -0.4 is 5.32 Å². The summed E-state index contributed by atoms with van der Waals surface area (Å²) in [5.41, 5.74) is 0. The van der Waals surface area contributed by atoms with Crippen LogP contribution in [0.2, 0.25) is 0 Å². The van der Waals surface area contributed by atoms with Crippen molar-refractivity contribution in [3.05, 3.63) is 5.01 Å². The molecule has 0 amide bonds. The standard InChI is InChI=1S/C8H12ClN3S/c1-5-11-12-8(13-5)10-7-4-2-3-6(7)9/h6-7H,2-4H2,1H3,(H,10,12). The van der Waals surface area contributed by atoms with Crippen molar-refractivity contribution in [2.24, 2.45) is 0 Å². The van der Waals surface area contributed by atoms with E-state index in [0.717, 1.165) is 23.0 Å². The largest absolute Gasteiger partial charge is 0.356 e. The van der Waals surface area contributed by atoms with Crippen molar-refractivity contribution in [2.75, 3.05) is 5.32 Å². The van der Waals surface area contributed by atoms with Crippen LogP contribution in [-0.2, 0) is 0 Å². The monoisotopic (exact) mass is 217 g/mol. The third-order valence-corrected chi connectivity index (χ3v) is 3.56. The molecular weight excluding hydrogens is 206 g/mol. The van der Waals surface area contributed by atoms with E-state index < -0.39 is 0 Å². The minimum atomic E-state index is 0.254. The molecule has 1 heterocycles. The Morgan fingerprint density at radius 2 is 2.31 bits per heavy atom. The van der Waals surface area contributed by atoms with E-state index in [9.17, 15) is 0 Å². The van der Waals surface area contributed by atoms with Gasteiger partial charge in [0, 0.05) is 6.04 Å². The molecule has 1 aromatic rings. The van der Waals surface area contributed by atoms with Crippen LogP contribution in [0.25, 0.3) is 0 Å². The lowest BCUT2D eigenvalue weighted by molar-refractivity contribution is 0.757. The highest BCUT2D eigenvalue weighted by atomic mass is 35.5. The van der Waals surface area contributed by atoms with Gasteiger partial charge in [0.1, 0.15) is 5.01 Å². The number of aryl methyl sites for hydroxylation is 1. The van der Waals surface area contributed by atoms with Gasteiger partial charge in [-0.3, -0.25) is 0 Å². The van der Waals surface area contributed by atoms with Crippen molar-refractivity contribution >= 4 is 28.1 Å². The van der Waals surface area contributed by atoms with E-state index in [2.05, 4.69) is 15.5 Å². The maximum absolute atomic E-state index is 6.13. The first-order valence-electron chi connectivity index (χ1n) is 4.46. The molecule has 2 rings (SSSR count). The molecular formula is C8H12ClN3S. The Morgan fingerprint density at radius 3 is 2.85 bits per heavy atom. The zero-order valence-corrected chi connectivity index (χ0v) is 9.03. The lowest BCUT2D eigenvalue weighted by Gasteiger charge is -2.13. The molecule has 0 bridgehead atoms. The van der Waals surface area contributed by atoms with Gasteiger partial charge in [0.05, 0.1) is 5.38 Å². The molecule has 5 heteroatoms. The highest BCUT2D eigenvalue weighted by Crippen LogP contribution is 2.27. The molecule has 1 saturated carbocycles. The second kappa shape index (κ2) is 3.80. The Morgan fingerprint density at radius 1 is 1.46 bits per heavy atom. The molecule has 0 aliphatic heterocycles. The third-order valence-electron chi connectivity index (χ3n) is 2.27. The average Bonchev–Trinajstić information content (AvgIpc) is 2.64. The van der Waals surface area contributed by atoms with Crippen LogP contribution in [0.3, 0.4) is 0 Å². The van der Waals surface area contributed by atoms with E-state index in [0.29, 0.717) is 6.04 Å². The van der Waals surface area contributed by atoms with E-state index in [1.807, 2.05) is 6.92 Å². The normalized spacial score (nSPS) is 27.8. The molecule has 1 fully saturated rings. The number of anilines is 1. The Kier molecular flexibility index (Phi) is 2.69. The van der Waals surface area contributed by atoms with Crippen LogP contribution in [0.4, 0.5) is 5.13 Å². The Bertz CT molecular complexity index is 289. The van der Waals surface area contributed by atoms with Crippen LogP contribution >= 0.6 is 22.9 Å². The fourth-order valence-corrected chi connectivity index (χ4v) is 2.59. The zero-order valence-electron chi connectivity index (χ0n) is 7.46. The zero-order chi connectivity index (χ0) is 9.26. The molecule has 0 saturated heterocycles. The van der Waals surface area contributed by atoms with E-state index in [1.165, 1.54) is 6.42 Å². The van der Waals surface area contributed by atoms with Gasteiger partial charge < -0.3 is 5.32 Å². The van der Waals surface area contributed by atoms with Gasteiger partial charge in [-0.1, -0.05) is 11.3 Å². The summed E-state index contributed by atoms with van der Waals surface area (Å²) in [6.07, 6.45) is 3.47. The first-order chi connectivity index (χ1) is 6.25. The van der Waals surface area contributed by atoms with Crippen LogP contribution in [0, 0.1) is 6.92 Å². The van der Waals surface area contributed by atoms with Crippen LogP contribution in [0.1, 0.15) is 24.3 Å². The molecule has 2 unspecified atom stereocenters. The number of nitrogens with zero attached hydrogens (tertiary/aromatic N) is 2. The van der Waals surface area contributed by atoms with E-state index >= 15 is 0 Å². The second-order valence-corrected chi connectivity index (χ2v) is 5.07. The van der Waals surface area contributed by atoms with Crippen LogP contribution in [0.15, 0.2) is 0 Å². The summed E-state index contributed by atoms with van der Waals surface area (Å²) >= 11 is 7.71. The van der Waals surface area contributed by atoms with Gasteiger partial charge in [0.15, 0.2) is 0 Å². The summed E-state index contributed by atoms with van der Waals surface area (Å²) in [5, 5.41) is 13.4. The van der Waals surface area contributed by atoms with Gasteiger partial charge in [-0.05, 0) is 26.2 Å². The summed E-state index contributed by atoms with van der Waals surface area (Å²) < 4.78 is 0. The van der Waals surface area contributed by atoms with Crippen molar-refractivity contribution in [3.63, 3.8) is 0 Å². The summed E-state index contributed by atoms with van der Waals surface area (Å²) in [5.74, 6) is 0. The van der Waals surface area contributed by atoms with Crippen molar-refractivity contribution in [1.82, 2.24) is 10.2 Å². The summed E-state index contributed by atoms with van der Waals surface area (Å²) in [7, 11) is 0. The molecule has 1 aromatic heterocycles. The maximum atomic E-state index is 6.13. The van der Waals surface area contributed by atoms with Gasteiger partial charge in [0.25, 0.3) is 0 Å². The average molecular weight is 218 g/mol. The third kappa shape index (κ3) is 2.11. The van der Waals surface area contributed by atoms with Crippen molar-refractivity contribution in [1.29, 1.82) is 0 Å². The Labute approximate surface area is 86.5 Å².